The number of carboxylic acids is 1. The lowest BCUT2D eigenvalue weighted by molar-refractivity contribution is -0.141. The zero-order valence-electron chi connectivity index (χ0n) is 10.5. The molecule has 22 heavy (non-hydrogen) atoms. The molecule has 0 saturated heterocycles. The number of aromatic hydroxyl groups is 1. The van der Waals surface area contributed by atoms with Crippen molar-refractivity contribution >= 4 is 28.9 Å². The Labute approximate surface area is 124 Å². The van der Waals surface area contributed by atoms with Gasteiger partial charge in [0.25, 0.3) is 5.91 Å². The van der Waals surface area contributed by atoms with Crippen LogP contribution in [-0.4, -0.2) is 27.1 Å². The van der Waals surface area contributed by atoms with Gasteiger partial charge in [-0.05, 0) is 18.2 Å². The van der Waals surface area contributed by atoms with Crippen LogP contribution in [0.3, 0.4) is 0 Å². The minimum Gasteiger partial charge on any atom is -0.507 e. The molecule has 0 unspecified atom stereocenters. The van der Waals surface area contributed by atoms with Gasteiger partial charge in [0.15, 0.2) is 5.69 Å². The van der Waals surface area contributed by atoms with Crippen LogP contribution in [0.4, 0.5) is 18.9 Å². The summed E-state index contributed by atoms with van der Waals surface area (Å²) in [5.41, 5.74) is -0.982. The third kappa shape index (κ3) is 3.17. The van der Waals surface area contributed by atoms with Crippen LogP contribution in [0, 0.1) is 0 Å². The quantitative estimate of drug-likeness (QED) is 0.751. The summed E-state index contributed by atoms with van der Waals surface area (Å²) >= 11 is 0.509. The molecule has 0 bridgehead atoms. The molecule has 1 aromatic heterocycles. The third-order valence-corrected chi connectivity index (χ3v) is 3.35. The molecule has 0 aliphatic rings. The van der Waals surface area contributed by atoms with E-state index < -0.39 is 39.9 Å². The van der Waals surface area contributed by atoms with Crippen LogP contribution in [-0.2, 0) is 6.18 Å². The predicted molar refractivity (Wildman–Crippen MR) is 70.1 cm³/mol. The molecule has 1 heterocycles. The highest BCUT2D eigenvalue weighted by Crippen LogP contribution is 2.33. The van der Waals surface area contributed by atoms with Gasteiger partial charge in [-0.2, -0.15) is 13.2 Å². The fourth-order valence-electron chi connectivity index (χ4n) is 1.58. The first kappa shape index (κ1) is 15.8. The van der Waals surface area contributed by atoms with Crippen molar-refractivity contribution in [3.8, 4) is 5.75 Å². The van der Waals surface area contributed by atoms with Crippen molar-refractivity contribution in [1.29, 1.82) is 0 Å². The number of halogens is 3. The van der Waals surface area contributed by atoms with Crippen molar-refractivity contribution in [1.82, 2.24) is 4.98 Å². The average molecular weight is 332 g/mol. The molecular weight excluding hydrogens is 325 g/mol. The van der Waals surface area contributed by atoms with E-state index in [1.165, 1.54) is 0 Å². The van der Waals surface area contributed by atoms with Gasteiger partial charge >= 0.3 is 12.1 Å². The number of benzene rings is 1. The number of carbonyl (C=O) groups excluding carboxylic acids is 1. The maximum absolute atomic E-state index is 12.7. The number of anilines is 1. The van der Waals surface area contributed by atoms with Gasteiger partial charge in [0.05, 0.1) is 5.51 Å². The van der Waals surface area contributed by atoms with Gasteiger partial charge in [0.1, 0.15) is 16.2 Å². The number of phenols is 1. The predicted octanol–water partition coefficient (Wildman–Crippen LogP) is 2.82. The van der Waals surface area contributed by atoms with Crippen LogP contribution >= 0.6 is 11.3 Å². The summed E-state index contributed by atoms with van der Waals surface area (Å²) in [7, 11) is 0. The van der Waals surface area contributed by atoms with E-state index >= 15 is 0 Å². The topological polar surface area (TPSA) is 99.5 Å². The van der Waals surface area contributed by atoms with Crippen LogP contribution < -0.4 is 5.32 Å². The molecular formula is C12H7F3N2O4S. The van der Waals surface area contributed by atoms with Gasteiger partial charge in [-0.25, -0.2) is 9.78 Å². The summed E-state index contributed by atoms with van der Waals surface area (Å²) in [6.45, 7) is 0. The van der Waals surface area contributed by atoms with Crippen molar-refractivity contribution in [2.75, 3.05) is 5.32 Å². The zero-order chi connectivity index (χ0) is 16.5. The number of hydrogen-bond acceptors (Lipinski definition) is 5. The number of thiazole rings is 1. The average Bonchev–Trinajstić information content (AvgIpc) is 2.90. The van der Waals surface area contributed by atoms with Gasteiger partial charge in [-0.15, -0.1) is 11.3 Å². The summed E-state index contributed by atoms with van der Waals surface area (Å²) in [5.74, 6) is -3.04. The Morgan fingerprint density at radius 1 is 1.27 bits per heavy atom. The molecule has 0 saturated carbocycles. The second-order valence-electron chi connectivity index (χ2n) is 4.02. The molecule has 0 aliphatic carbocycles. The molecule has 2 rings (SSSR count). The Bertz CT molecular complexity index is 742. The highest BCUT2D eigenvalue weighted by molar-refractivity contribution is 7.12. The molecule has 1 amide bonds. The smallest absolute Gasteiger partial charge is 0.434 e. The minimum atomic E-state index is -4.77. The van der Waals surface area contributed by atoms with E-state index in [1.807, 2.05) is 0 Å². The summed E-state index contributed by atoms with van der Waals surface area (Å²) in [5, 5.41) is 20.3. The Kier molecular flexibility index (Phi) is 4.04. The van der Waals surface area contributed by atoms with Crippen molar-refractivity contribution in [2.45, 2.75) is 6.18 Å². The van der Waals surface area contributed by atoms with Gasteiger partial charge in [-0.3, -0.25) is 4.79 Å². The Morgan fingerprint density at radius 2 is 1.95 bits per heavy atom. The maximum Gasteiger partial charge on any atom is 0.434 e. The lowest BCUT2D eigenvalue weighted by Crippen LogP contribution is -2.17. The maximum atomic E-state index is 12.7. The van der Waals surface area contributed by atoms with Gasteiger partial charge in [-0.1, -0.05) is 0 Å². The number of carboxylic acid groups (broad SMARTS) is 1. The van der Waals surface area contributed by atoms with Crippen molar-refractivity contribution < 1.29 is 33.0 Å². The van der Waals surface area contributed by atoms with Gasteiger partial charge in [0.2, 0.25) is 0 Å². The molecule has 10 heteroatoms. The molecule has 3 N–H and O–H groups in total. The van der Waals surface area contributed by atoms with Crippen LogP contribution in [0.25, 0.3) is 0 Å². The van der Waals surface area contributed by atoms with Crippen molar-refractivity contribution in [3.05, 3.63) is 39.8 Å². The molecule has 6 nitrogen and oxygen atoms in total. The number of nitrogens with zero attached hydrogens (tertiary/aromatic N) is 1. The second kappa shape index (κ2) is 5.64. The molecule has 0 fully saturated rings. The van der Waals surface area contributed by atoms with Crippen LogP contribution in [0.1, 0.15) is 25.7 Å². The number of carbonyl (C=O) groups is 2. The molecule has 0 spiro atoms. The van der Waals surface area contributed by atoms with E-state index in [0.29, 0.717) is 11.3 Å². The highest BCUT2D eigenvalue weighted by Gasteiger charge is 2.38. The standard InChI is InChI=1S/C12H7F3N2O4S/c13-12(14,15)9-8(22-4-16-9)10(19)17-5-1-2-7(18)6(3-5)11(20)21/h1-4,18H,(H,17,19)(H,20,21). The lowest BCUT2D eigenvalue weighted by atomic mass is 10.1. The molecule has 0 aliphatic heterocycles. The Balaban J connectivity index is 2.29. The number of alkyl halides is 3. The van der Waals surface area contributed by atoms with Crippen LogP contribution in [0.15, 0.2) is 23.7 Å². The molecule has 0 radical (unpaired) electrons. The lowest BCUT2D eigenvalue weighted by Gasteiger charge is -2.08. The van der Waals surface area contributed by atoms with E-state index in [4.69, 9.17) is 5.11 Å². The van der Waals surface area contributed by atoms with Crippen molar-refractivity contribution in [2.24, 2.45) is 0 Å². The van der Waals surface area contributed by atoms with E-state index in [0.717, 1.165) is 23.7 Å². The Morgan fingerprint density at radius 3 is 2.55 bits per heavy atom. The summed E-state index contributed by atoms with van der Waals surface area (Å²) in [4.78, 5) is 25.2. The fourth-order valence-corrected chi connectivity index (χ4v) is 2.28. The molecule has 0 atom stereocenters. The number of rotatable bonds is 3. The van der Waals surface area contributed by atoms with Crippen LogP contribution in [0.5, 0.6) is 5.75 Å². The largest absolute Gasteiger partial charge is 0.507 e. The number of aromatic carboxylic acids is 1. The second-order valence-corrected chi connectivity index (χ2v) is 4.87. The third-order valence-electron chi connectivity index (χ3n) is 2.53. The minimum absolute atomic E-state index is 0.0678. The van der Waals surface area contributed by atoms with Crippen molar-refractivity contribution in [3.63, 3.8) is 0 Å². The Hall–Kier alpha value is -2.62. The van der Waals surface area contributed by atoms with Gasteiger partial charge in [0, 0.05) is 5.69 Å². The number of aromatic nitrogens is 1. The number of amides is 1. The highest BCUT2D eigenvalue weighted by atomic mass is 32.1. The van der Waals surface area contributed by atoms with E-state index in [1.54, 1.807) is 0 Å². The summed E-state index contributed by atoms with van der Waals surface area (Å²) in [6.07, 6.45) is -4.77. The molecule has 1 aromatic carbocycles. The SMILES string of the molecule is O=C(O)c1cc(NC(=O)c2scnc2C(F)(F)F)ccc1O. The monoisotopic (exact) mass is 332 g/mol. The first-order valence-electron chi connectivity index (χ1n) is 5.58. The first-order chi connectivity index (χ1) is 10.2. The normalized spacial score (nSPS) is 11.2. The first-order valence-corrected chi connectivity index (χ1v) is 6.46. The van der Waals surface area contributed by atoms with Gasteiger partial charge < -0.3 is 15.5 Å². The number of nitrogens with one attached hydrogen (secondary N) is 1. The number of hydrogen-bond donors (Lipinski definition) is 3. The van der Waals surface area contributed by atoms with E-state index in [-0.39, 0.29) is 5.69 Å². The molecule has 116 valence electrons. The van der Waals surface area contributed by atoms with E-state index in [9.17, 15) is 27.9 Å². The summed E-state index contributed by atoms with van der Waals surface area (Å²) < 4.78 is 38.0. The summed E-state index contributed by atoms with van der Waals surface area (Å²) in [6, 6.07) is 3.11. The molecule has 2 aromatic rings. The fraction of sp³-hybridized carbons (Fsp3) is 0.0833. The van der Waals surface area contributed by atoms with E-state index in [2.05, 4.69) is 10.3 Å². The van der Waals surface area contributed by atoms with Crippen LogP contribution in [0.2, 0.25) is 0 Å². The zero-order valence-corrected chi connectivity index (χ0v) is 11.3.